The van der Waals surface area contributed by atoms with Crippen molar-refractivity contribution in [1.29, 1.82) is 0 Å². The van der Waals surface area contributed by atoms with E-state index in [0.717, 1.165) is 22.3 Å². The zero-order valence-electron chi connectivity index (χ0n) is 16.3. The summed E-state index contributed by atoms with van der Waals surface area (Å²) in [6.07, 6.45) is 2.76. The predicted molar refractivity (Wildman–Crippen MR) is 112 cm³/mol. The number of carboxylic acids is 1. The number of nitrogens with two attached hydrogens (primary N) is 1. The summed E-state index contributed by atoms with van der Waals surface area (Å²) >= 11 is 0. The fraction of sp³-hybridized carbons (Fsp3) is 0.208. The van der Waals surface area contributed by atoms with Crippen molar-refractivity contribution in [2.75, 3.05) is 6.61 Å². The van der Waals surface area contributed by atoms with E-state index < -0.39 is 23.9 Å². The molecule has 6 heteroatoms. The Balaban J connectivity index is 1.57. The Labute approximate surface area is 174 Å². The van der Waals surface area contributed by atoms with Crippen molar-refractivity contribution < 1.29 is 19.4 Å². The molecule has 6 nitrogen and oxygen atoms in total. The molecule has 3 aromatic rings. The molecule has 1 unspecified atom stereocenters. The Hall–Kier alpha value is -3.51. The number of carboxylic acid groups (broad SMARTS) is 1. The molecule has 1 aliphatic rings. The van der Waals surface area contributed by atoms with E-state index in [2.05, 4.69) is 17.1 Å². The van der Waals surface area contributed by atoms with Crippen LogP contribution >= 0.6 is 0 Å². The lowest BCUT2D eigenvalue weighted by molar-refractivity contribution is -0.146. The predicted octanol–water partition coefficient (Wildman–Crippen LogP) is 3.32. The maximum Gasteiger partial charge on any atom is 0.315 e. The Morgan fingerprint density at radius 2 is 1.53 bits per heavy atom. The number of hydrogen-bond acceptors (Lipinski definition) is 5. The van der Waals surface area contributed by atoms with Gasteiger partial charge in [-0.1, -0.05) is 48.5 Å². The highest BCUT2D eigenvalue weighted by atomic mass is 16.5. The number of pyridine rings is 1. The molecule has 0 radical (unpaired) electrons. The van der Waals surface area contributed by atoms with Gasteiger partial charge >= 0.3 is 11.9 Å². The van der Waals surface area contributed by atoms with Crippen LogP contribution in [0.4, 0.5) is 0 Å². The third kappa shape index (κ3) is 3.82. The normalized spacial score (nSPS) is 14.4. The highest BCUT2D eigenvalue weighted by molar-refractivity contribution is 5.82. The van der Waals surface area contributed by atoms with Crippen molar-refractivity contribution in [3.8, 4) is 11.1 Å². The smallest absolute Gasteiger partial charge is 0.315 e. The number of esters is 1. The number of hydrogen-bond donors (Lipinski definition) is 2. The van der Waals surface area contributed by atoms with Gasteiger partial charge in [0.25, 0.3) is 0 Å². The van der Waals surface area contributed by atoms with E-state index >= 15 is 0 Å². The molecule has 3 N–H and O–H groups in total. The second-order valence-electron chi connectivity index (χ2n) is 7.38. The maximum atomic E-state index is 13.0. The zero-order valence-corrected chi connectivity index (χ0v) is 16.3. The van der Waals surface area contributed by atoms with Gasteiger partial charge in [0.2, 0.25) is 0 Å². The molecule has 1 aromatic heterocycles. The summed E-state index contributed by atoms with van der Waals surface area (Å²) < 4.78 is 5.73. The van der Waals surface area contributed by atoms with E-state index in [0.29, 0.717) is 5.56 Å². The third-order valence-corrected chi connectivity index (χ3v) is 5.51. The molecule has 0 spiro atoms. The van der Waals surface area contributed by atoms with Gasteiger partial charge in [-0.3, -0.25) is 14.6 Å². The van der Waals surface area contributed by atoms with Crippen molar-refractivity contribution in [3.05, 3.63) is 89.7 Å². The molecule has 0 bridgehead atoms. The number of fused-ring (bicyclic) bond motifs is 3. The van der Waals surface area contributed by atoms with Gasteiger partial charge in [0.1, 0.15) is 6.61 Å². The molecule has 0 amide bonds. The molecule has 0 saturated heterocycles. The maximum absolute atomic E-state index is 13.0. The van der Waals surface area contributed by atoms with Gasteiger partial charge in [0, 0.05) is 24.4 Å². The fourth-order valence-electron chi connectivity index (χ4n) is 4.14. The first-order chi connectivity index (χ1) is 14.6. The number of aliphatic carboxylic acids is 1. The summed E-state index contributed by atoms with van der Waals surface area (Å²) in [6.45, 7) is 0.161. The van der Waals surface area contributed by atoms with E-state index in [1.165, 1.54) is 0 Å². The number of carbonyl (C=O) groups is 2. The Kier molecular flexibility index (Phi) is 5.59. The number of rotatable bonds is 7. The van der Waals surface area contributed by atoms with Crippen molar-refractivity contribution in [3.63, 3.8) is 0 Å². The first kappa shape index (κ1) is 19.8. The Morgan fingerprint density at radius 1 is 0.967 bits per heavy atom. The highest BCUT2D eigenvalue weighted by Gasteiger charge is 2.33. The standard InChI is InChI=1S/C24H22N2O4/c25-21(13-22(27)28)23(15-9-11-26-12-10-15)24(29)30-14-20-18-7-3-1-5-16(18)17-6-2-4-8-19(17)20/h1-12,20-21,23H,13-14,25H2,(H,27,28)/t21-,23?/m0/s1. The SMILES string of the molecule is N[C@@H](CC(=O)O)C(C(=O)OCC1c2ccccc2-c2ccccc21)c1ccncc1. The van der Waals surface area contributed by atoms with Crippen LogP contribution in [0.5, 0.6) is 0 Å². The van der Waals surface area contributed by atoms with E-state index in [4.69, 9.17) is 15.6 Å². The number of benzene rings is 2. The molecule has 0 saturated carbocycles. The second kappa shape index (κ2) is 8.47. The van der Waals surface area contributed by atoms with Crippen LogP contribution in [0.25, 0.3) is 11.1 Å². The van der Waals surface area contributed by atoms with Crippen molar-refractivity contribution >= 4 is 11.9 Å². The van der Waals surface area contributed by atoms with Gasteiger partial charge in [-0.15, -0.1) is 0 Å². The third-order valence-electron chi connectivity index (χ3n) is 5.51. The Bertz CT molecular complexity index is 1020. The minimum Gasteiger partial charge on any atom is -0.481 e. The van der Waals surface area contributed by atoms with E-state index in [1.807, 2.05) is 36.4 Å². The van der Waals surface area contributed by atoms with Crippen LogP contribution in [0, 0.1) is 0 Å². The summed E-state index contributed by atoms with van der Waals surface area (Å²) in [5, 5.41) is 9.14. The molecule has 0 aliphatic heterocycles. The van der Waals surface area contributed by atoms with Crippen LogP contribution in [0.3, 0.4) is 0 Å². The topological polar surface area (TPSA) is 103 Å². The zero-order chi connectivity index (χ0) is 21.1. The first-order valence-corrected chi connectivity index (χ1v) is 9.78. The van der Waals surface area contributed by atoms with E-state index in [-0.39, 0.29) is 18.9 Å². The van der Waals surface area contributed by atoms with Crippen LogP contribution in [0.1, 0.15) is 34.9 Å². The van der Waals surface area contributed by atoms with Crippen molar-refractivity contribution in [1.82, 2.24) is 4.98 Å². The summed E-state index contributed by atoms with van der Waals surface area (Å²) in [6, 6.07) is 18.6. The minimum atomic E-state index is -1.06. The number of nitrogens with zero attached hydrogens (tertiary/aromatic N) is 1. The minimum absolute atomic E-state index is 0.0739. The van der Waals surface area contributed by atoms with Crippen LogP contribution in [0.15, 0.2) is 73.1 Å². The molecule has 30 heavy (non-hydrogen) atoms. The van der Waals surface area contributed by atoms with Crippen LogP contribution in [-0.2, 0) is 14.3 Å². The van der Waals surface area contributed by atoms with Crippen molar-refractivity contribution in [2.24, 2.45) is 5.73 Å². The van der Waals surface area contributed by atoms with Gasteiger partial charge in [0.15, 0.2) is 0 Å². The van der Waals surface area contributed by atoms with Crippen molar-refractivity contribution in [2.45, 2.75) is 24.3 Å². The lowest BCUT2D eigenvalue weighted by Crippen LogP contribution is -2.37. The fourth-order valence-corrected chi connectivity index (χ4v) is 4.14. The summed E-state index contributed by atoms with van der Waals surface area (Å²) in [5.41, 5.74) is 11.2. The number of aromatic nitrogens is 1. The van der Waals surface area contributed by atoms with Crippen LogP contribution in [0.2, 0.25) is 0 Å². The van der Waals surface area contributed by atoms with Gasteiger partial charge in [-0.25, -0.2) is 0 Å². The quantitative estimate of drug-likeness (QED) is 0.588. The monoisotopic (exact) mass is 402 g/mol. The second-order valence-corrected chi connectivity index (χ2v) is 7.38. The largest absolute Gasteiger partial charge is 0.481 e. The molecule has 0 fully saturated rings. The highest BCUT2D eigenvalue weighted by Crippen LogP contribution is 2.44. The van der Waals surface area contributed by atoms with Crippen LogP contribution < -0.4 is 5.73 Å². The van der Waals surface area contributed by atoms with Gasteiger partial charge in [0.05, 0.1) is 12.3 Å². The average Bonchev–Trinajstić information content (AvgIpc) is 3.06. The number of ether oxygens (including phenoxy) is 1. The number of carbonyl (C=O) groups excluding carboxylic acids is 1. The molecule has 1 heterocycles. The molecule has 4 rings (SSSR count). The van der Waals surface area contributed by atoms with Gasteiger partial charge in [-0.2, -0.15) is 0 Å². The summed E-state index contributed by atoms with van der Waals surface area (Å²) in [4.78, 5) is 28.2. The van der Waals surface area contributed by atoms with E-state index in [9.17, 15) is 9.59 Å². The average molecular weight is 402 g/mol. The Morgan fingerprint density at radius 3 is 2.10 bits per heavy atom. The first-order valence-electron chi connectivity index (χ1n) is 9.78. The van der Waals surface area contributed by atoms with Crippen LogP contribution in [-0.4, -0.2) is 34.7 Å². The lowest BCUT2D eigenvalue weighted by Gasteiger charge is -2.23. The van der Waals surface area contributed by atoms with Gasteiger partial charge < -0.3 is 15.6 Å². The van der Waals surface area contributed by atoms with E-state index in [1.54, 1.807) is 24.5 Å². The van der Waals surface area contributed by atoms with Gasteiger partial charge in [-0.05, 0) is 39.9 Å². The molecule has 2 aromatic carbocycles. The summed E-state index contributed by atoms with van der Waals surface area (Å²) in [5.74, 6) is -2.55. The molecular weight excluding hydrogens is 380 g/mol. The molecular formula is C24H22N2O4. The molecule has 1 aliphatic carbocycles. The lowest BCUT2D eigenvalue weighted by atomic mass is 9.90. The molecule has 152 valence electrons. The molecule has 2 atom stereocenters. The summed E-state index contributed by atoms with van der Waals surface area (Å²) in [7, 11) is 0.